The van der Waals surface area contributed by atoms with E-state index in [0.29, 0.717) is 0 Å². The second-order valence-electron chi connectivity index (χ2n) is 7.03. The molecule has 5 heteroatoms. The lowest BCUT2D eigenvalue weighted by Gasteiger charge is -2.32. The first kappa shape index (κ1) is 15.4. The minimum Gasteiger partial charge on any atom is -0.399 e. The van der Waals surface area contributed by atoms with Crippen molar-refractivity contribution in [2.75, 3.05) is 0 Å². The molecule has 1 fully saturated rings. The zero-order valence-electron chi connectivity index (χ0n) is 13.7. The van der Waals surface area contributed by atoms with Gasteiger partial charge in [0.25, 0.3) is 0 Å². The van der Waals surface area contributed by atoms with E-state index in [2.05, 4.69) is 49.8 Å². The molecular formula is C17H23BN2O2. The molecule has 0 aromatic carbocycles. The highest BCUT2D eigenvalue weighted by Crippen LogP contribution is 2.38. The van der Waals surface area contributed by atoms with Gasteiger partial charge < -0.3 is 9.31 Å². The van der Waals surface area contributed by atoms with Gasteiger partial charge in [-0.25, -0.2) is 0 Å². The summed E-state index contributed by atoms with van der Waals surface area (Å²) in [6.45, 7) is 8.27. The third-order valence-corrected chi connectivity index (χ3v) is 4.78. The quantitative estimate of drug-likeness (QED) is 0.806. The summed E-state index contributed by atoms with van der Waals surface area (Å²) in [5, 5.41) is 0. The van der Waals surface area contributed by atoms with E-state index in [1.807, 2.05) is 18.5 Å². The minimum absolute atomic E-state index is 0.273. The summed E-state index contributed by atoms with van der Waals surface area (Å²) in [6, 6.07) is 4.33. The molecule has 1 aromatic rings. The van der Waals surface area contributed by atoms with Crippen LogP contribution in [0.4, 0.5) is 0 Å². The lowest BCUT2D eigenvalue weighted by molar-refractivity contribution is 0.00578. The SMILES string of the molecule is CC1(C)OB(C2=CCC(Cc3cccnc3)N=C2)OC1(C)C. The zero-order valence-corrected chi connectivity index (χ0v) is 13.7. The lowest BCUT2D eigenvalue weighted by Crippen LogP contribution is -2.41. The number of aromatic nitrogens is 1. The number of dihydropyridines is 1. The van der Waals surface area contributed by atoms with Crippen LogP contribution >= 0.6 is 0 Å². The van der Waals surface area contributed by atoms with Crippen LogP contribution in [-0.2, 0) is 15.7 Å². The molecular weight excluding hydrogens is 275 g/mol. The predicted octanol–water partition coefficient (Wildman–Crippen LogP) is 3.03. The fraction of sp³-hybridized carbons (Fsp3) is 0.529. The van der Waals surface area contributed by atoms with Gasteiger partial charge in [-0.2, -0.15) is 0 Å². The van der Waals surface area contributed by atoms with Crippen LogP contribution in [0.3, 0.4) is 0 Å². The molecule has 1 aromatic heterocycles. The molecule has 1 saturated heterocycles. The van der Waals surface area contributed by atoms with E-state index in [-0.39, 0.29) is 24.4 Å². The Morgan fingerprint density at radius 3 is 2.50 bits per heavy atom. The highest BCUT2D eigenvalue weighted by molar-refractivity contribution is 6.60. The lowest BCUT2D eigenvalue weighted by atomic mass is 9.77. The fourth-order valence-electron chi connectivity index (χ4n) is 2.64. The van der Waals surface area contributed by atoms with E-state index < -0.39 is 0 Å². The van der Waals surface area contributed by atoms with E-state index in [1.54, 1.807) is 6.20 Å². The Kier molecular flexibility index (Phi) is 3.95. The van der Waals surface area contributed by atoms with E-state index in [0.717, 1.165) is 18.3 Å². The maximum Gasteiger partial charge on any atom is 0.496 e. The van der Waals surface area contributed by atoms with Crippen molar-refractivity contribution in [2.24, 2.45) is 4.99 Å². The van der Waals surface area contributed by atoms with Gasteiger partial charge >= 0.3 is 7.12 Å². The molecule has 0 saturated carbocycles. The summed E-state index contributed by atoms with van der Waals surface area (Å²) in [5.41, 5.74) is 1.64. The number of allylic oxidation sites excluding steroid dienone is 1. The Balaban J connectivity index is 1.62. The molecule has 3 heterocycles. The summed E-state index contributed by atoms with van der Waals surface area (Å²) in [4.78, 5) is 8.82. The average molecular weight is 298 g/mol. The van der Waals surface area contributed by atoms with E-state index in [4.69, 9.17) is 9.31 Å². The van der Waals surface area contributed by atoms with Gasteiger partial charge in [0, 0.05) is 18.6 Å². The summed E-state index contributed by atoms with van der Waals surface area (Å²) >= 11 is 0. The number of aliphatic imine (C=N–C) groups is 1. The smallest absolute Gasteiger partial charge is 0.399 e. The number of rotatable bonds is 3. The second kappa shape index (κ2) is 5.63. The van der Waals surface area contributed by atoms with Gasteiger partial charge in [0.05, 0.1) is 17.2 Å². The van der Waals surface area contributed by atoms with Crippen LogP contribution in [0.25, 0.3) is 0 Å². The molecule has 2 aliphatic rings. The standard InChI is InChI=1S/C17H23BN2O2/c1-16(2)17(3,4)22-18(21-16)14-7-8-15(20-12-14)10-13-6-5-9-19-11-13/h5-7,9,11-12,15H,8,10H2,1-4H3. The van der Waals surface area contributed by atoms with Gasteiger partial charge in [0.15, 0.2) is 0 Å². The van der Waals surface area contributed by atoms with Crippen molar-refractivity contribution in [3.05, 3.63) is 41.6 Å². The fourth-order valence-corrected chi connectivity index (χ4v) is 2.64. The Labute approximate surface area is 132 Å². The van der Waals surface area contributed by atoms with Gasteiger partial charge in [-0.1, -0.05) is 12.1 Å². The van der Waals surface area contributed by atoms with E-state index >= 15 is 0 Å². The topological polar surface area (TPSA) is 43.7 Å². The molecule has 0 spiro atoms. The summed E-state index contributed by atoms with van der Waals surface area (Å²) in [6.07, 6.45) is 9.62. The van der Waals surface area contributed by atoms with Gasteiger partial charge in [0.1, 0.15) is 0 Å². The molecule has 1 atom stereocenters. The third kappa shape index (κ3) is 3.01. The largest absolute Gasteiger partial charge is 0.496 e. The Bertz CT molecular complexity index is 580. The Morgan fingerprint density at radius 2 is 1.95 bits per heavy atom. The number of pyridine rings is 1. The van der Waals surface area contributed by atoms with Crippen LogP contribution in [0.5, 0.6) is 0 Å². The maximum absolute atomic E-state index is 6.07. The molecule has 1 unspecified atom stereocenters. The molecule has 4 nitrogen and oxygen atoms in total. The van der Waals surface area contributed by atoms with Crippen molar-refractivity contribution < 1.29 is 9.31 Å². The highest BCUT2D eigenvalue weighted by Gasteiger charge is 2.52. The summed E-state index contributed by atoms with van der Waals surface area (Å²) in [5.74, 6) is 0. The second-order valence-corrected chi connectivity index (χ2v) is 7.03. The van der Waals surface area contributed by atoms with Crippen LogP contribution in [0.1, 0.15) is 39.7 Å². The molecule has 116 valence electrons. The average Bonchev–Trinajstić information content (AvgIpc) is 2.69. The van der Waals surface area contributed by atoms with Crippen molar-refractivity contribution in [1.29, 1.82) is 0 Å². The summed E-state index contributed by atoms with van der Waals surface area (Å²) < 4.78 is 12.1. The van der Waals surface area contributed by atoms with Gasteiger partial charge in [-0.05, 0) is 57.6 Å². The molecule has 0 aliphatic carbocycles. The van der Waals surface area contributed by atoms with Crippen LogP contribution in [0.2, 0.25) is 0 Å². The number of nitrogens with zero attached hydrogens (tertiary/aromatic N) is 2. The van der Waals surface area contributed by atoms with Crippen LogP contribution in [0, 0.1) is 0 Å². The highest BCUT2D eigenvalue weighted by atomic mass is 16.7. The first-order valence-electron chi connectivity index (χ1n) is 7.85. The predicted molar refractivity (Wildman–Crippen MR) is 89.0 cm³/mol. The monoisotopic (exact) mass is 298 g/mol. The first-order valence-corrected chi connectivity index (χ1v) is 7.85. The zero-order chi connectivity index (χ0) is 15.8. The normalized spacial score (nSPS) is 26.1. The molecule has 0 radical (unpaired) electrons. The van der Waals surface area contributed by atoms with E-state index in [9.17, 15) is 0 Å². The van der Waals surface area contributed by atoms with Crippen LogP contribution < -0.4 is 0 Å². The molecule has 0 bridgehead atoms. The van der Waals surface area contributed by atoms with Gasteiger partial charge in [0.2, 0.25) is 0 Å². The van der Waals surface area contributed by atoms with Crippen LogP contribution in [0.15, 0.2) is 41.1 Å². The van der Waals surface area contributed by atoms with Crippen molar-refractivity contribution in [1.82, 2.24) is 4.98 Å². The molecule has 0 amide bonds. The van der Waals surface area contributed by atoms with Gasteiger partial charge in [-0.3, -0.25) is 9.98 Å². The Morgan fingerprint density at radius 1 is 1.23 bits per heavy atom. The van der Waals surface area contributed by atoms with Crippen molar-refractivity contribution in [3.8, 4) is 0 Å². The third-order valence-electron chi connectivity index (χ3n) is 4.78. The maximum atomic E-state index is 6.07. The van der Waals surface area contributed by atoms with Gasteiger partial charge in [-0.15, -0.1) is 0 Å². The van der Waals surface area contributed by atoms with Crippen molar-refractivity contribution >= 4 is 13.3 Å². The number of hydrogen-bond acceptors (Lipinski definition) is 4. The van der Waals surface area contributed by atoms with Crippen LogP contribution in [-0.4, -0.2) is 35.6 Å². The van der Waals surface area contributed by atoms with Crippen molar-refractivity contribution in [2.45, 2.75) is 57.8 Å². The summed E-state index contributed by atoms with van der Waals surface area (Å²) in [7, 11) is -0.312. The Hall–Kier alpha value is -1.46. The molecule has 22 heavy (non-hydrogen) atoms. The molecule has 0 N–H and O–H groups in total. The number of hydrogen-bond donors (Lipinski definition) is 0. The van der Waals surface area contributed by atoms with Crippen molar-refractivity contribution in [3.63, 3.8) is 0 Å². The molecule has 2 aliphatic heterocycles. The first-order chi connectivity index (χ1) is 10.4. The molecule has 3 rings (SSSR count). The minimum atomic E-state index is -0.312. The van der Waals surface area contributed by atoms with E-state index in [1.165, 1.54) is 5.56 Å².